The van der Waals surface area contributed by atoms with Crippen molar-refractivity contribution in [3.8, 4) is 5.75 Å². The van der Waals surface area contributed by atoms with E-state index in [2.05, 4.69) is 4.90 Å². The molecule has 0 spiro atoms. The van der Waals surface area contributed by atoms with Crippen LogP contribution in [0.2, 0.25) is 5.02 Å². The lowest BCUT2D eigenvalue weighted by Gasteiger charge is -2.27. The third-order valence-electron chi connectivity index (χ3n) is 3.93. The highest BCUT2D eigenvalue weighted by Crippen LogP contribution is 2.30. The largest absolute Gasteiger partial charge is 0.493 e. The number of likely N-dealkylation sites (tertiary alicyclic amines) is 1. The van der Waals surface area contributed by atoms with E-state index in [1.54, 1.807) is 12.1 Å². The smallest absolute Gasteiger partial charge is 0.135 e. The van der Waals surface area contributed by atoms with Gasteiger partial charge in [0.1, 0.15) is 11.5 Å². The molecular weight excluding hydrogens is 302 g/mol. The van der Waals surface area contributed by atoms with E-state index in [0.29, 0.717) is 42.4 Å². The Balaban J connectivity index is 1.94. The lowest BCUT2D eigenvalue weighted by Crippen LogP contribution is -2.35. The van der Waals surface area contributed by atoms with Crippen LogP contribution < -0.4 is 4.74 Å². The average molecular weight is 326 g/mol. The Morgan fingerprint density at radius 2 is 2.09 bits per heavy atom. The molecule has 0 amide bonds. The summed E-state index contributed by atoms with van der Waals surface area (Å²) >= 11 is 6.05. The van der Waals surface area contributed by atoms with Crippen LogP contribution in [-0.4, -0.2) is 42.0 Å². The maximum atomic E-state index is 11.2. The van der Waals surface area contributed by atoms with Crippen LogP contribution in [0.4, 0.5) is 0 Å². The number of piperidine rings is 1. The van der Waals surface area contributed by atoms with Gasteiger partial charge >= 0.3 is 0 Å². The molecule has 0 bridgehead atoms. The first-order valence-corrected chi connectivity index (χ1v) is 8.32. The van der Waals surface area contributed by atoms with E-state index in [1.807, 2.05) is 13.0 Å². The lowest BCUT2D eigenvalue weighted by atomic mass is 10.0. The number of aliphatic hydroxyl groups excluding tert-OH is 1. The van der Waals surface area contributed by atoms with Crippen LogP contribution in [0.1, 0.15) is 44.3 Å². The van der Waals surface area contributed by atoms with E-state index >= 15 is 0 Å². The quantitative estimate of drug-likeness (QED) is 0.836. The fourth-order valence-electron chi connectivity index (χ4n) is 2.61. The van der Waals surface area contributed by atoms with Crippen LogP contribution in [0.15, 0.2) is 18.2 Å². The van der Waals surface area contributed by atoms with Crippen LogP contribution in [0.5, 0.6) is 5.75 Å². The summed E-state index contributed by atoms with van der Waals surface area (Å²) in [5, 5.41) is 11.1. The summed E-state index contributed by atoms with van der Waals surface area (Å²) in [5.74, 6) is 1.04. The summed E-state index contributed by atoms with van der Waals surface area (Å²) in [4.78, 5) is 13.5. The molecule has 4 nitrogen and oxygen atoms in total. The molecule has 1 N–H and O–H groups in total. The fourth-order valence-corrected chi connectivity index (χ4v) is 2.79. The maximum absolute atomic E-state index is 11.2. The number of ether oxygens (including phenoxy) is 1. The molecule has 0 saturated carbocycles. The normalized spacial score (nSPS) is 17.5. The number of Topliss-reactive ketones (excluding diaryl/α,β-unsaturated/α-hetero) is 1. The van der Waals surface area contributed by atoms with Crippen LogP contribution in [0.25, 0.3) is 0 Å². The van der Waals surface area contributed by atoms with Crippen molar-refractivity contribution in [2.45, 2.75) is 38.7 Å². The number of rotatable bonds is 7. The number of nitrogens with zero attached hydrogens (tertiary/aromatic N) is 1. The third kappa shape index (κ3) is 4.97. The number of halogens is 1. The summed E-state index contributed by atoms with van der Waals surface area (Å²) in [7, 11) is 0. The predicted molar refractivity (Wildman–Crippen MR) is 87.5 cm³/mol. The molecule has 0 aromatic heterocycles. The van der Waals surface area contributed by atoms with Crippen molar-refractivity contribution in [3.05, 3.63) is 28.8 Å². The Bertz CT molecular complexity index is 497. The average Bonchev–Trinajstić information content (AvgIpc) is 2.53. The summed E-state index contributed by atoms with van der Waals surface area (Å²) in [6.45, 7) is 5.02. The summed E-state index contributed by atoms with van der Waals surface area (Å²) in [6.07, 6.45) is 2.16. The molecular formula is C17H24ClNO3. The topological polar surface area (TPSA) is 49.8 Å². The van der Waals surface area contributed by atoms with Gasteiger partial charge in [0.05, 0.1) is 12.7 Å². The highest BCUT2D eigenvalue weighted by atomic mass is 35.5. The van der Waals surface area contributed by atoms with Gasteiger partial charge in [0.2, 0.25) is 0 Å². The second kappa shape index (κ2) is 8.51. The lowest BCUT2D eigenvalue weighted by molar-refractivity contribution is -0.121. The van der Waals surface area contributed by atoms with E-state index in [9.17, 15) is 9.90 Å². The van der Waals surface area contributed by atoms with Gasteiger partial charge in [-0.1, -0.05) is 18.5 Å². The second-order valence-electron chi connectivity index (χ2n) is 5.72. The Morgan fingerprint density at radius 3 is 2.77 bits per heavy atom. The number of hydrogen-bond acceptors (Lipinski definition) is 4. The molecule has 1 saturated heterocycles. The van der Waals surface area contributed by atoms with E-state index in [4.69, 9.17) is 16.3 Å². The van der Waals surface area contributed by atoms with Crippen molar-refractivity contribution >= 4 is 17.4 Å². The van der Waals surface area contributed by atoms with Crippen molar-refractivity contribution in [1.82, 2.24) is 4.90 Å². The minimum absolute atomic E-state index is 0.335. The van der Waals surface area contributed by atoms with Crippen LogP contribution in [0, 0.1) is 0 Å². The van der Waals surface area contributed by atoms with Gasteiger partial charge in [-0.15, -0.1) is 0 Å². The summed E-state index contributed by atoms with van der Waals surface area (Å²) < 4.78 is 5.69. The fraction of sp³-hybridized carbons (Fsp3) is 0.588. The zero-order valence-corrected chi connectivity index (χ0v) is 13.8. The first-order valence-electron chi connectivity index (χ1n) is 7.94. The van der Waals surface area contributed by atoms with Crippen molar-refractivity contribution in [1.29, 1.82) is 0 Å². The van der Waals surface area contributed by atoms with Crippen molar-refractivity contribution in [3.63, 3.8) is 0 Å². The first kappa shape index (κ1) is 17.3. The number of aliphatic hydroxyl groups is 1. The molecule has 1 fully saturated rings. The Kier molecular flexibility index (Phi) is 6.68. The van der Waals surface area contributed by atoms with E-state index in [0.717, 1.165) is 31.6 Å². The standard InChI is InChI=1S/C17H24ClNO3/c1-2-11-22-17-4-3-13(18)12-15(17)16(21)7-10-19-8-5-14(20)6-9-19/h3-4,12,16,21H,2,5-11H2,1H3. The van der Waals surface area contributed by atoms with Crippen molar-refractivity contribution in [2.24, 2.45) is 0 Å². The Labute approximate surface area is 137 Å². The number of hydrogen-bond donors (Lipinski definition) is 1. The molecule has 1 aromatic carbocycles. The Morgan fingerprint density at radius 1 is 1.36 bits per heavy atom. The van der Waals surface area contributed by atoms with Gasteiger partial charge in [-0.05, 0) is 31.0 Å². The molecule has 5 heteroatoms. The van der Waals surface area contributed by atoms with E-state index in [1.165, 1.54) is 0 Å². The van der Waals surface area contributed by atoms with Crippen LogP contribution >= 0.6 is 11.6 Å². The molecule has 0 radical (unpaired) electrons. The van der Waals surface area contributed by atoms with Gasteiger partial charge in [-0.25, -0.2) is 0 Å². The highest BCUT2D eigenvalue weighted by molar-refractivity contribution is 6.30. The zero-order chi connectivity index (χ0) is 15.9. The molecule has 1 atom stereocenters. The SMILES string of the molecule is CCCOc1ccc(Cl)cc1C(O)CCN1CCC(=O)CC1. The number of carbonyl (C=O) groups is 1. The Hall–Kier alpha value is -1.10. The second-order valence-corrected chi connectivity index (χ2v) is 6.15. The molecule has 1 aromatic rings. The van der Waals surface area contributed by atoms with Gasteiger partial charge in [-0.2, -0.15) is 0 Å². The van der Waals surface area contributed by atoms with Crippen molar-refractivity contribution < 1.29 is 14.6 Å². The monoisotopic (exact) mass is 325 g/mol. The van der Waals surface area contributed by atoms with Crippen LogP contribution in [-0.2, 0) is 4.79 Å². The van der Waals surface area contributed by atoms with Crippen LogP contribution in [0.3, 0.4) is 0 Å². The first-order chi connectivity index (χ1) is 10.6. The van der Waals surface area contributed by atoms with Gasteiger partial charge in [0.15, 0.2) is 0 Å². The molecule has 1 aliphatic rings. The molecule has 22 heavy (non-hydrogen) atoms. The molecule has 1 heterocycles. The third-order valence-corrected chi connectivity index (χ3v) is 4.16. The predicted octanol–water partition coefficient (Wildman–Crippen LogP) is 3.22. The molecule has 0 aliphatic carbocycles. The minimum Gasteiger partial charge on any atom is -0.493 e. The molecule has 1 unspecified atom stereocenters. The molecule has 2 rings (SSSR count). The zero-order valence-electron chi connectivity index (χ0n) is 13.1. The number of benzene rings is 1. The number of carbonyl (C=O) groups excluding carboxylic acids is 1. The van der Waals surface area contributed by atoms with Crippen molar-refractivity contribution in [2.75, 3.05) is 26.2 Å². The molecule has 1 aliphatic heterocycles. The summed E-state index contributed by atoms with van der Waals surface area (Å²) in [6, 6.07) is 5.37. The van der Waals surface area contributed by atoms with Gasteiger partial charge < -0.3 is 14.7 Å². The van der Waals surface area contributed by atoms with E-state index in [-0.39, 0.29) is 0 Å². The highest BCUT2D eigenvalue weighted by Gasteiger charge is 2.19. The van der Waals surface area contributed by atoms with Gasteiger partial charge in [0, 0.05) is 43.1 Å². The summed E-state index contributed by atoms with van der Waals surface area (Å²) in [5.41, 5.74) is 0.744. The maximum Gasteiger partial charge on any atom is 0.135 e. The van der Waals surface area contributed by atoms with Gasteiger partial charge in [-0.3, -0.25) is 4.79 Å². The van der Waals surface area contributed by atoms with Gasteiger partial charge in [0.25, 0.3) is 0 Å². The minimum atomic E-state index is -0.608. The number of ketones is 1. The van der Waals surface area contributed by atoms with E-state index < -0.39 is 6.10 Å². The molecule has 122 valence electrons.